The molecule has 0 amide bonds. The van der Waals surface area contributed by atoms with Crippen molar-refractivity contribution in [2.24, 2.45) is 11.3 Å². The van der Waals surface area contributed by atoms with E-state index >= 15 is 0 Å². The van der Waals surface area contributed by atoms with Gasteiger partial charge in [0, 0.05) is 18.8 Å². The van der Waals surface area contributed by atoms with Gasteiger partial charge in [0.2, 0.25) is 5.89 Å². The molecule has 0 atom stereocenters. The number of anilines is 1. The summed E-state index contributed by atoms with van der Waals surface area (Å²) >= 11 is 5.60. The molecule has 1 heterocycles. The summed E-state index contributed by atoms with van der Waals surface area (Å²) in [6.07, 6.45) is 3.21. The molecule has 1 aliphatic rings. The van der Waals surface area contributed by atoms with Crippen LogP contribution in [0, 0.1) is 11.3 Å². The van der Waals surface area contributed by atoms with Crippen molar-refractivity contribution in [3.63, 3.8) is 0 Å². The Morgan fingerprint density at radius 3 is 2.75 bits per heavy atom. The van der Waals surface area contributed by atoms with E-state index in [4.69, 9.17) is 16.0 Å². The summed E-state index contributed by atoms with van der Waals surface area (Å²) in [7, 11) is 0. The van der Waals surface area contributed by atoms with Gasteiger partial charge in [-0.25, -0.2) is 0 Å². The molecule has 90 valence electrons. The van der Waals surface area contributed by atoms with E-state index in [0.29, 0.717) is 35.5 Å². The van der Waals surface area contributed by atoms with Gasteiger partial charge in [0.15, 0.2) is 0 Å². The lowest BCUT2D eigenvalue weighted by Crippen LogP contribution is -2.20. The highest BCUT2D eigenvalue weighted by atomic mass is 35.5. The number of rotatable bonds is 6. The van der Waals surface area contributed by atoms with E-state index < -0.39 is 0 Å². The van der Waals surface area contributed by atoms with Crippen LogP contribution in [0.5, 0.6) is 0 Å². The fourth-order valence-electron chi connectivity index (χ4n) is 1.88. The normalized spacial score (nSPS) is 17.8. The number of nitrogens with zero attached hydrogens (tertiary/aromatic N) is 2. The first-order valence-electron chi connectivity index (χ1n) is 5.78. The van der Waals surface area contributed by atoms with Crippen LogP contribution in [0.4, 0.5) is 6.01 Å². The standard InChI is InChI=1S/C11H18ClN3O/c1-8(2)11(4-5-11)7-13-10-15-14-9(16-10)3-6-12/h8H,3-7H2,1-2H3,(H,13,15). The van der Waals surface area contributed by atoms with Crippen LogP contribution in [0.15, 0.2) is 4.42 Å². The molecular weight excluding hydrogens is 226 g/mol. The zero-order valence-electron chi connectivity index (χ0n) is 9.79. The smallest absolute Gasteiger partial charge is 0.315 e. The molecule has 1 saturated carbocycles. The van der Waals surface area contributed by atoms with Gasteiger partial charge in [0.05, 0.1) is 0 Å². The number of hydrogen-bond acceptors (Lipinski definition) is 4. The predicted octanol–water partition coefficient (Wildman–Crippen LogP) is 2.70. The van der Waals surface area contributed by atoms with Crippen molar-refractivity contribution in [2.45, 2.75) is 33.1 Å². The molecule has 1 aromatic heterocycles. The number of halogens is 1. The van der Waals surface area contributed by atoms with Gasteiger partial charge in [-0.1, -0.05) is 18.9 Å². The molecule has 5 heteroatoms. The maximum absolute atomic E-state index is 5.60. The van der Waals surface area contributed by atoms with E-state index in [9.17, 15) is 0 Å². The average molecular weight is 244 g/mol. The Labute approximate surface area is 101 Å². The third-order valence-electron chi connectivity index (χ3n) is 3.48. The average Bonchev–Trinajstić information content (AvgIpc) is 2.92. The van der Waals surface area contributed by atoms with Crippen molar-refractivity contribution in [3.05, 3.63) is 5.89 Å². The second-order valence-corrected chi connectivity index (χ2v) is 5.19. The zero-order valence-corrected chi connectivity index (χ0v) is 10.5. The molecule has 1 N–H and O–H groups in total. The quantitative estimate of drug-likeness (QED) is 0.781. The molecule has 0 unspecified atom stereocenters. The largest absolute Gasteiger partial charge is 0.408 e. The number of alkyl halides is 1. The summed E-state index contributed by atoms with van der Waals surface area (Å²) in [5.74, 6) is 1.81. The number of nitrogens with one attached hydrogen (secondary N) is 1. The highest BCUT2D eigenvalue weighted by molar-refractivity contribution is 6.17. The summed E-state index contributed by atoms with van der Waals surface area (Å²) in [5, 5.41) is 11.1. The minimum atomic E-state index is 0.446. The van der Waals surface area contributed by atoms with Gasteiger partial charge in [0.1, 0.15) is 0 Å². The Bertz CT molecular complexity index is 347. The molecule has 1 aromatic rings. The molecule has 1 fully saturated rings. The third-order valence-corrected chi connectivity index (χ3v) is 3.67. The lowest BCUT2D eigenvalue weighted by molar-refractivity contribution is 0.375. The number of hydrogen-bond donors (Lipinski definition) is 1. The number of aromatic nitrogens is 2. The molecule has 0 aliphatic heterocycles. The van der Waals surface area contributed by atoms with Gasteiger partial charge in [-0.2, -0.15) is 0 Å². The van der Waals surface area contributed by atoms with Crippen LogP contribution >= 0.6 is 11.6 Å². The van der Waals surface area contributed by atoms with Crippen LogP contribution in [-0.4, -0.2) is 22.6 Å². The molecule has 0 aromatic carbocycles. The van der Waals surface area contributed by atoms with E-state index in [1.165, 1.54) is 12.8 Å². The van der Waals surface area contributed by atoms with Crippen LogP contribution in [0.25, 0.3) is 0 Å². The molecule has 0 spiro atoms. The van der Waals surface area contributed by atoms with E-state index in [-0.39, 0.29) is 0 Å². The Hall–Kier alpha value is -0.770. The fraction of sp³-hybridized carbons (Fsp3) is 0.818. The van der Waals surface area contributed by atoms with E-state index in [0.717, 1.165) is 6.54 Å². The van der Waals surface area contributed by atoms with Crippen molar-refractivity contribution in [3.8, 4) is 0 Å². The second-order valence-electron chi connectivity index (χ2n) is 4.81. The maximum Gasteiger partial charge on any atom is 0.315 e. The van der Waals surface area contributed by atoms with Gasteiger partial charge in [-0.3, -0.25) is 0 Å². The van der Waals surface area contributed by atoms with E-state index in [1.807, 2.05) is 0 Å². The molecule has 1 aliphatic carbocycles. The van der Waals surface area contributed by atoms with Crippen LogP contribution in [0.2, 0.25) is 0 Å². The summed E-state index contributed by atoms with van der Waals surface area (Å²) in [4.78, 5) is 0. The van der Waals surface area contributed by atoms with E-state index in [1.54, 1.807) is 0 Å². The van der Waals surface area contributed by atoms with Crippen LogP contribution in [0.3, 0.4) is 0 Å². The highest BCUT2D eigenvalue weighted by Crippen LogP contribution is 2.51. The van der Waals surface area contributed by atoms with Crippen LogP contribution in [0.1, 0.15) is 32.6 Å². The highest BCUT2D eigenvalue weighted by Gasteiger charge is 2.45. The van der Waals surface area contributed by atoms with Gasteiger partial charge in [0.25, 0.3) is 0 Å². The zero-order chi connectivity index (χ0) is 11.6. The first-order valence-corrected chi connectivity index (χ1v) is 6.32. The molecule has 4 nitrogen and oxygen atoms in total. The minimum Gasteiger partial charge on any atom is -0.408 e. The Morgan fingerprint density at radius 1 is 1.44 bits per heavy atom. The Balaban J connectivity index is 1.85. The lowest BCUT2D eigenvalue weighted by atomic mass is 9.92. The Morgan fingerprint density at radius 2 is 2.19 bits per heavy atom. The predicted molar refractivity (Wildman–Crippen MR) is 63.7 cm³/mol. The third kappa shape index (κ3) is 2.48. The van der Waals surface area contributed by atoms with Crippen molar-refractivity contribution < 1.29 is 4.42 Å². The van der Waals surface area contributed by atoms with Gasteiger partial charge in [-0.05, 0) is 24.2 Å². The second kappa shape index (κ2) is 4.62. The summed E-state index contributed by atoms with van der Waals surface area (Å²) in [6.45, 7) is 5.45. The Kier molecular flexibility index (Phi) is 3.38. The summed E-state index contributed by atoms with van der Waals surface area (Å²) < 4.78 is 5.41. The number of aryl methyl sites for hydroxylation is 1. The fourth-order valence-corrected chi connectivity index (χ4v) is 2.04. The van der Waals surface area contributed by atoms with Gasteiger partial charge < -0.3 is 9.73 Å². The van der Waals surface area contributed by atoms with Gasteiger partial charge >= 0.3 is 6.01 Å². The lowest BCUT2D eigenvalue weighted by Gasteiger charge is -2.18. The molecule has 0 radical (unpaired) electrons. The van der Waals surface area contributed by atoms with Crippen LogP contribution in [-0.2, 0) is 6.42 Å². The molecular formula is C11H18ClN3O. The van der Waals surface area contributed by atoms with Crippen molar-refractivity contribution >= 4 is 17.6 Å². The maximum atomic E-state index is 5.60. The first kappa shape index (κ1) is 11.7. The topological polar surface area (TPSA) is 51.0 Å². The first-order chi connectivity index (χ1) is 7.66. The van der Waals surface area contributed by atoms with Crippen LogP contribution < -0.4 is 5.32 Å². The van der Waals surface area contributed by atoms with Crippen molar-refractivity contribution in [1.82, 2.24) is 10.2 Å². The molecule has 0 bridgehead atoms. The minimum absolute atomic E-state index is 0.446. The molecule has 2 rings (SSSR count). The monoisotopic (exact) mass is 243 g/mol. The SMILES string of the molecule is CC(C)C1(CNc2nnc(CCCl)o2)CC1. The molecule has 0 saturated heterocycles. The van der Waals surface area contributed by atoms with Crippen molar-refractivity contribution in [2.75, 3.05) is 17.7 Å². The van der Waals surface area contributed by atoms with E-state index in [2.05, 4.69) is 29.4 Å². The van der Waals surface area contributed by atoms with Gasteiger partial charge in [-0.15, -0.1) is 16.7 Å². The summed E-state index contributed by atoms with van der Waals surface area (Å²) in [6, 6.07) is 0.520. The molecule has 16 heavy (non-hydrogen) atoms. The van der Waals surface area contributed by atoms with Crippen molar-refractivity contribution in [1.29, 1.82) is 0 Å². The summed E-state index contributed by atoms with van der Waals surface area (Å²) in [5.41, 5.74) is 0.446.